The smallest absolute Gasteiger partial charge is 0.228 e. The lowest BCUT2D eigenvalue weighted by atomic mass is 10.1. The SMILES string of the molecule is CCSc1nc(CC(=O)N2CCOC[C@@H](CO)C2)cs1. The second-order valence-electron chi connectivity index (χ2n) is 4.68. The number of nitrogens with zero attached hydrogens (tertiary/aromatic N) is 2. The Balaban J connectivity index is 1.92. The van der Waals surface area contributed by atoms with Crippen LogP contribution < -0.4 is 0 Å². The molecule has 1 aromatic heterocycles. The lowest BCUT2D eigenvalue weighted by Gasteiger charge is -2.22. The summed E-state index contributed by atoms with van der Waals surface area (Å²) in [6.45, 7) is 4.36. The van der Waals surface area contributed by atoms with Crippen LogP contribution in [0.15, 0.2) is 9.72 Å². The summed E-state index contributed by atoms with van der Waals surface area (Å²) in [5.74, 6) is 1.07. The number of carbonyl (C=O) groups is 1. The number of ether oxygens (including phenoxy) is 1. The Morgan fingerprint density at radius 2 is 2.55 bits per heavy atom. The largest absolute Gasteiger partial charge is 0.396 e. The number of rotatable bonds is 5. The van der Waals surface area contributed by atoms with Gasteiger partial charge in [-0.25, -0.2) is 4.98 Å². The number of hydrogen-bond donors (Lipinski definition) is 1. The molecule has 1 atom stereocenters. The van der Waals surface area contributed by atoms with E-state index < -0.39 is 0 Å². The van der Waals surface area contributed by atoms with Crippen LogP contribution in [0.4, 0.5) is 0 Å². The van der Waals surface area contributed by atoms with E-state index in [4.69, 9.17) is 4.74 Å². The van der Waals surface area contributed by atoms with Crippen molar-refractivity contribution in [1.82, 2.24) is 9.88 Å². The van der Waals surface area contributed by atoms with Crippen LogP contribution in [0.5, 0.6) is 0 Å². The molecule has 0 aromatic carbocycles. The maximum absolute atomic E-state index is 12.3. The molecule has 0 saturated carbocycles. The minimum Gasteiger partial charge on any atom is -0.396 e. The lowest BCUT2D eigenvalue weighted by Crippen LogP contribution is -2.37. The van der Waals surface area contributed by atoms with Gasteiger partial charge in [0.25, 0.3) is 0 Å². The summed E-state index contributed by atoms with van der Waals surface area (Å²) in [7, 11) is 0. The van der Waals surface area contributed by atoms with Gasteiger partial charge in [-0.2, -0.15) is 0 Å². The molecule has 1 N–H and O–H groups in total. The Hall–Kier alpha value is -0.630. The van der Waals surface area contributed by atoms with E-state index in [2.05, 4.69) is 11.9 Å². The minimum absolute atomic E-state index is 0.0168. The van der Waals surface area contributed by atoms with Crippen molar-refractivity contribution in [3.05, 3.63) is 11.1 Å². The monoisotopic (exact) mass is 316 g/mol. The maximum atomic E-state index is 12.3. The van der Waals surface area contributed by atoms with Gasteiger partial charge >= 0.3 is 0 Å². The Labute approximate surface area is 127 Å². The van der Waals surface area contributed by atoms with Gasteiger partial charge in [-0.05, 0) is 5.75 Å². The third-order valence-electron chi connectivity index (χ3n) is 3.08. The van der Waals surface area contributed by atoms with Crippen molar-refractivity contribution in [3.63, 3.8) is 0 Å². The van der Waals surface area contributed by atoms with E-state index >= 15 is 0 Å². The molecule has 0 unspecified atom stereocenters. The van der Waals surface area contributed by atoms with E-state index in [1.54, 1.807) is 28.0 Å². The Kier molecular flexibility index (Phi) is 6.28. The van der Waals surface area contributed by atoms with Gasteiger partial charge in [0.2, 0.25) is 5.91 Å². The highest BCUT2D eigenvalue weighted by Gasteiger charge is 2.22. The molecule has 1 aliphatic rings. The predicted octanol–water partition coefficient (Wildman–Crippen LogP) is 1.26. The summed E-state index contributed by atoms with van der Waals surface area (Å²) < 4.78 is 6.41. The van der Waals surface area contributed by atoms with Crippen LogP contribution in [0.3, 0.4) is 0 Å². The highest BCUT2D eigenvalue weighted by molar-refractivity contribution is 8.00. The predicted molar refractivity (Wildman–Crippen MR) is 80.2 cm³/mol. The number of thiazole rings is 1. The molecule has 2 heterocycles. The molecule has 5 nitrogen and oxygen atoms in total. The molecule has 0 radical (unpaired) electrons. The Morgan fingerprint density at radius 1 is 1.70 bits per heavy atom. The number of aliphatic hydroxyl groups excluding tert-OH is 1. The third kappa shape index (κ3) is 4.44. The van der Waals surface area contributed by atoms with Crippen molar-refractivity contribution in [1.29, 1.82) is 0 Å². The van der Waals surface area contributed by atoms with Gasteiger partial charge in [-0.3, -0.25) is 4.79 Å². The van der Waals surface area contributed by atoms with Crippen molar-refractivity contribution in [2.24, 2.45) is 5.92 Å². The first-order chi connectivity index (χ1) is 9.72. The first kappa shape index (κ1) is 15.8. The summed E-state index contributed by atoms with van der Waals surface area (Å²) in [4.78, 5) is 18.5. The number of thioether (sulfide) groups is 1. The average Bonchev–Trinajstić information content (AvgIpc) is 2.75. The van der Waals surface area contributed by atoms with Gasteiger partial charge in [0, 0.05) is 31.0 Å². The van der Waals surface area contributed by atoms with Crippen LogP contribution in [0.1, 0.15) is 12.6 Å². The van der Waals surface area contributed by atoms with Gasteiger partial charge in [0.1, 0.15) is 4.34 Å². The molecule has 20 heavy (non-hydrogen) atoms. The molecular weight excluding hydrogens is 296 g/mol. The maximum Gasteiger partial charge on any atom is 0.228 e. The van der Waals surface area contributed by atoms with Gasteiger partial charge < -0.3 is 14.7 Å². The first-order valence-corrected chi connectivity index (χ1v) is 8.63. The van der Waals surface area contributed by atoms with Crippen molar-refractivity contribution < 1.29 is 14.6 Å². The fourth-order valence-electron chi connectivity index (χ4n) is 2.04. The van der Waals surface area contributed by atoms with E-state index in [-0.39, 0.29) is 18.4 Å². The Bertz CT molecular complexity index is 439. The lowest BCUT2D eigenvalue weighted by molar-refractivity contribution is -0.131. The zero-order valence-electron chi connectivity index (χ0n) is 11.6. The minimum atomic E-state index is 0.0168. The van der Waals surface area contributed by atoms with Gasteiger partial charge in [0.05, 0.1) is 25.3 Å². The molecule has 1 amide bonds. The normalized spacial score (nSPS) is 19.9. The number of aliphatic hydroxyl groups is 1. The van der Waals surface area contributed by atoms with E-state index in [0.717, 1.165) is 15.8 Å². The van der Waals surface area contributed by atoms with Crippen LogP contribution in [0.2, 0.25) is 0 Å². The number of hydrogen-bond acceptors (Lipinski definition) is 6. The van der Waals surface area contributed by atoms with E-state index in [0.29, 0.717) is 32.7 Å². The molecule has 7 heteroatoms. The summed E-state index contributed by atoms with van der Waals surface area (Å²) >= 11 is 3.28. The highest BCUT2D eigenvalue weighted by Crippen LogP contribution is 2.22. The highest BCUT2D eigenvalue weighted by atomic mass is 32.2. The summed E-state index contributed by atoms with van der Waals surface area (Å²) in [5, 5.41) is 11.2. The molecular formula is C13H20N2O3S2. The van der Waals surface area contributed by atoms with Crippen LogP contribution in [0, 0.1) is 5.92 Å². The topological polar surface area (TPSA) is 62.7 Å². The van der Waals surface area contributed by atoms with Crippen molar-refractivity contribution >= 4 is 29.0 Å². The van der Waals surface area contributed by atoms with Gasteiger partial charge in [-0.15, -0.1) is 11.3 Å². The fourth-order valence-corrected chi connectivity index (χ4v) is 3.79. The zero-order valence-corrected chi connectivity index (χ0v) is 13.2. The second kappa shape index (κ2) is 7.97. The molecule has 0 bridgehead atoms. The van der Waals surface area contributed by atoms with E-state index in [1.165, 1.54) is 0 Å². The second-order valence-corrected chi connectivity index (χ2v) is 7.05. The molecule has 112 valence electrons. The molecule has 2 rings (SSSR count). The number of aromatic nitrogens is 1. The summed E-state index contributed by atoms with van der Waals surface area (Å²) in [6.07, 6.45) is 0.332. The van der Waals surface area contributed by atoms with Gasteiger partial charge in [-0.1, -0.05) is 18.7 Å². The number of carbonyl (C=O) groups excluding carboxylic acids is 1. The Morgan fingerprint density at radius 3 is 3.30 bits per heavy atom. The summed E-state index contributed by atoms with van der Waals surface area (Å²) in [6, 6.07) is 0. The van der Waals surface area contributed by atoms with Crippen LogP contribution in [0.25, 0.3) is 0 Å². The molecule has 1 saturated heterocycles. The molecule has 0 spiro atoms. The molecule has 1 fully saturated rings. The fraction of sp³-hybridized carbons (Fsp3) is 0.692. The van der Waals surface area contributed by atoms with E-state index in [1.807, 2.05) is 5.38 Å². The quantitative estimate of drug-likeness (QED) is 0.829. The standard InChI is InChI=1S/C13H20N2O3S2/c1-2-19-13-14-11(9-20-13)5-12(17)15-3-4-18-8-10(6-15)7-16/h9-10,16H,2-8H2,1H3/t10-/m1/s1. The molecule has 0 aliphatic carbocycles. The zero-order chi connectivity index (χ0) is 14.4. The average molecular weight is 316 g/mol. The van der Waals surface area contributed by atoms with Crippen molar-refractivity contribution in [2.45, 2.75) is 17.7 Å². The third-order valence-corrected chi connectivity index (χ3v) is 5.03. The first-order valence-electron chi connectivity index (χ1n) is 6.76. The molecule has 1 aliphatic heterocycles. The van der Waals surface area contributed by atoms with Crippen LogP contribution >= 0.6 is 23.1 Å². The summed E-state index contributed by atoms with van der Waals surface area (Å²) in [5.41, 5.74) is 0.835. The van der Waals surface area contributed by atoms with E-state index in [9.17, 15) is 9.90 Å². The molecule has 1 aromatic rings. The van der Waals surface area contributed by atoms with Crippen molar-refractivity contribution in [3.8, 4) is 0 Å². The van der Waals surface area contributed by atoms with Gasteiger partial charge in [0.15, 0.2) is 0 Å². The number of amides is 1. The van der Waals surface area contributed by atoms with Crippen LogP contribution in [-0.2, 0) is 16.0 Å². The van der Waals surface area contributed by atoms with Crippen molar-refractivity contribution in [2.75, 3.05) is 38.7 Å². The van der Waals surface area contributed by atoms with Crippen LogP contribution in [-0.4, -0.2) is 59.6 Å².